The minimum Gasteiger partial charge on any atom is -0.171 e. The summed E-state index contributed by atoms with van der Waals surface area (Å²) in [5, 5.41) is 0. The minimum atomic E-state index is -4.20. The molecule has 0 atom stereocenters. The largest absolute Gasteiger partial charge is 0.394 e. The molecule has 0 fully saturated rings. The fourth-order valence-corrected chi connectivity index (χ4v) is 2.87. The van der Waals surface area contributed by atoms with Crippen LogP contribution < -0.4 is 0 Å². The molecule has 0 radical (unpaired) electrons. The topological polar surface area (TPSA) is 0 Å². The zero-order valence-corrected chi connectivity index (χ0v) is 15.0. The lowest BCUT2D eigenvalue weighted by Crippen LogP contribution is -2.34. The molecule has 0 aliphatic heterocycles. The van der Waals surface area contributed by atoms with Gasteiger partial charge >= 0.3 is 6.18 Å². The summed E-state index contributed by atoms with van der Waals surface area (Å²) in [4.78, 5) is 0. The van der Waals surface area contributed by atoms with Crippen LogP contribution in [0.4, 0.5) is 13.2 Å². The first-order valence-electron chi connectivity index (χ1n) is 8.28. The van der Waals surface area contributed by atoms with E-state index >= 15 is 0 Å². The average Bonchev–Trinajstić information content (AvgIpc) is 2.47. The normalized spacial score (nSPS) is 12.7. The molecular formula is C21H25F3. The summed E-state index contributed by atoms with van der Waals surface area (Å²) in [5.74, 6) is 0.441. The van der Waals surface area contributed by atoms with E-state index in [9.17, 15) is 13.2 Å². The van der Waals surface area contributed by atoms with Crippen molar-refractivity contribution in [3.05, 3.63) is 59.2 Å². The third-order valence-electron chi connectivity index (χ3n) is 4.60. The van der Waals surface area contributed by atoms with E-state index in [0.29, 0.717) is 11.5 Å². The van der Waals surface area contributed by atoms with Crippen LogP contribution in [0, 0.1) is 12.3 Å². The molecule has 3 heteroatoms. The van der Waals surface area contributed by atoms with Gasteiger partial charge in [0.15, 0.2) is 0 Å². The van der Waals surface area contributed by atoms with Gasteiger partial charge in [-0.25, -0.2) is 0 Å². The fraction of sp³-hybridized carbons (Fsp3) is 0.429. The lowest BCUT2D eigenvalue weighted by molar-refractivity contribution is -0.211. The third-order valence-corrected chi connectivity index (χ3v) is 4.60. The van der Waals surface area contributed by atoms with Gasteiger partial charge in [-0.05, 0) is 47.1 Å². The summed E-state index contributed by atoms with van der Waals surface area (Å²) in [5.41, 5.74) is 3.68. The monoisotopic (exact) mass is 334 g/mol. The standard InChI is InChI=1S/C21H25F3/c1-14(2)19-12-18(9-6-15(19)3)17-10-7-16(8-11-17)13-20(4,5)21(22,23)24/h6-12,14H,13H2,1-5H3. The van der Waals surface area contributed by atoms with Crippen molar-refractivity contribution < 1.29 is 13.2 Å². The van der Waals surface area contributed by atoms with Crippen LogP contribution in [0.25, 0.3) is 11.1 Å². The first-order valence-corrected chi connectivity index (χ1v) is 8.28. The predicted octanol–water partition coefficient (Wildman–Crippen LogP) is 6.92. The number of halogens is 3. The van der Waals surface area contributed by atoms with Crippen LogP contribution >= 0.6 is 0 Å². The zero-order valence-electron chi connectivity index (χ0n) is 15.0. The van der Waals surface area contributed by atoms with Crippen molar-refractivity contribution in [1.82, 2.24) is 0 Å². The Kier molecular flexibility index (Phi) is 5.12. The highest BCUT2D eigenvalue weighted by molar-refractivity contribution is 5.65. The summed E-state index contributed by atoms with van der Waals surface area (Å²) in [6.45, 7) is 8.91. The van der Waals surface area contributed by atoms with E-state index < -0.39 is 11.6 Å². The molecule has 0 unspecified atom stereocenters. The molecule has 0 saturated carbocycles. The van der Waals surface area contributed by atoms with Crippen molar-refractivity contribution in [2.75, 3.05) is 0 Å². The van der Waals surface area contributed by atoms with Gasteiger partial charge in [-0.15, -0.1) is 0 Å². The molecule has 24 heavy (non-hydrogen) atoms. The smallest absolute Gasteiger partial charge is 0.171 e. The Bertz CT molecular complexity index is 692. The number of hydrogen-bond donors (Lipinski definition) is 0. The molecule has 0 nitrogen and oxygen atoms in total. The van der Waals surface area contributed by atoms with Crippen molar-refractivity contribution in [3.63, 3.8) is 0 Å². The Morgan fingerprint density at radius 3 is 1.92 bits per heavy atom. The van der Waals surface area contributed by atoms with E-state index in [1.54, 1.807) is 12.1 Å². The molecule has 0 aromatic heterocycles. The van der Waals surface area contributed by atoms with Gasteiger partial charge in [0.25, 0.3) is 0 Å². The molecular weight excluding hydrogens is 309 g/mol. The van der Waals surface area contributed by atoms with E-state index in [1.165, 1.54) is 25.0 Å². The zero-order chi connectivity index (χ0) is 18.1. The highest BCUT2D eigenvalue weighted by atomic mass is 19.4. The Hall–Kier alpha value is -1.77. The summed E-state index contributed by atoms with van der Waals surface area (Å²) >= 11 is 0. The minimum absolute atomic E-state index is 0.0120. The molecule has 0 aliphatic rings. The second-order valence-electron chi connectivity index (χ2n) is 7.48. The molecule has 0 aliphatic carbocycles. The highest BCUT2D eigenvalue weighted by Gasteiger charge is 2.46. The number of alkyl halides is 3. The predicted molar refractivity (Wildman–Crippen MR) is 94.2 cm³/mol. The maximum Gasteiger partial charge on any atom is 0.394 e. The van der Waals surface area contributed by atoms with Gasteiger partial charge in [0, 0.05) is 0 Å². The van der Waals surface area contributed by atoms with Crippen LogP contribution in [0.2, 0.25) is 0 Å². The van der Waals surface area contributed by atoms with Crippen molar-refractivity contribution in [2.45, 2.75) is 53.1 Å². The number of hydrogen-bond acceptors (Lipinski definition) is 0. The summed E-state index contributed by atoms with van der Waals surface area (Å²) < 4.78 is 39.1. The Morgan fingerprint density at radius 1 is 0.875 bits per heavy atom. The second kappa shape index (κ2) is 6.62. The Balaban J connectivity index is 2.26. The van der Waals surface area contributed by atoms with Gasteiger partial charge in [0.1, 0.15) is 0 Å². The lowest BCUT2D eigenvalue weighted by Gasteiger charge is -2.27. The maximum atomic E-state index is 13.0. The molecule has 0 amide bonds. The summed E-state index contributed by atoms with van der Waals surface area (Å²) in [7, 11) is 0. The molecule has 2 rings (SSSR count). The molecule has 130 valence electrons. The van der Waals surface area contributed by atoms with Crippen LogP contribution in [0.1, 0.15) is 50.3 Å². The van der Waals surface area contributed by atoms with Crippen molar-refractivity contribution in [1.29, 1.82) is 0 Å². The Labute approximate surface area is 142 Å². The molecule has 0 bridgehead atoms. The van der Waals surface area contributed by atoms with Gasteiger partial charge in [0.2, 0.25) is 0 Å². The van der Waals surface area contributed by atoms with Crippen LogP contribution in [-0.2, 0) is 6.42 Å². The first kappa shape index (κ1) is 18.6. The van der Waals surface area contributed by atoms with Crippen LogP contribution in [0.15, 0.2) is 42.5 Å². The average molecular weight is 334 g/mol. The van der Waals surface area contributed by atoms with Crippen LogP contribution in [-0.4, -0.2) is 6.18 Å². The molecule has 0 N–H and O–H groups in total. The van der Waals surface area contributed by atoms with Crippen molar-refractivity contribution >= 4 is 0 Å². The second-order valence-corrected chi connectivity index (χ2v) is 7.48. The molecule has 2 aromatic carbocycles. The van der Waals surface area contributed by atoms with E-state index in [2.05, 4.69) is 39.0 Å². The van der Waals surface area contributed by atoms with Crippen LogP contribution in [0.5, 0.6) is 0 Å². The van der Waals surface area contributed by atoms with Gasteiger partial charge < -0.3 is 0 Å². The third kappa shape index (κ3) is 4.00. The summed E-state index contributed by atoms with van der Waals surface area (Å²) in [6.07, 6.45) is -4.21. The van der Waals surface area contributed by atoms with E-state index in [1.807, 2.05) is 12.1 Å². The quantitative estimate of drug-likeness (QED) is 0.569. The van der Waals surface area contributed by atoms with Crippen molar-refractivity contribution in [3.8, 4) is 11.1 Å². The lowest BCUT2D eigenvalue weighted by atomic mass is 9.84. The maximum absolute atomic E-state index is 13.0. The number of aryl methyl sites for hydroxylation is 1. The Morgan fingerprint density at radius 2 is 1.42 bits per heavy atom. The van der Waals surface area contributed by atoms with Gasteiger partial charge in [0.05, 0.1) is 5.41 Å². The fourth-order valence-electron chi connectivity index (χ4n) is 2.87. The van der Waals surface area contributed by atoms with Gasteiger partial charge in [-0.3, -0.25) is 0 Å². The molecule has 0 spiro atoms. The van der Waals surface area contributed by atoms with Gasteiger partial charge in [-0.2, -0.15) is 13.2 Å². The molecule has 2 aromatic rings. The SMILES string of the molecule is Cc1ccc(-c2ccc(CC(C)(C)C(F)(F)F)cc2)cc1C(C)C. The van der Waals surface area contributed by atoms with Crippen LogP contribution in [0.3, 0.4) is 0 Å². The molecule has 0 heterocycles. The number of rotatable bonds is 4. The number of benzene rings is 2. The van der Waals surface area contributed by atoms with E-state index in [4.69, 9.17) is 0 Å². The van der Waals surface area contributed by atoms with E-state index in [0.717, 1.165) is 11.1 Å². The first-order chi connectivity index (χ1) is 11.0. The van der Waals surface area contributed by atoms with E-state index in [-0.39, 0.29) is 6.42 Å². The summed E-state index contributed by atoms with van der Waals surface area (Å²) in [6, 6.07) is 13.8. The highest BCUT2D eigenvalue weighted by Crippen LogP contribution is 2.40. The molecule has 0 saturated heterocycles. The van der Waals surface area contributed by atoms with Gasteiger partial charge in [-0.1, -0.05) is 70.2 Å². The van der Waals surface area contributed by atoms with Crippen molar-refractivity contribution in [2.24, 2.45) is 5.41 Å².